The topological polar surface area (TPSA) is 0 Å². The molecule has 54 heavy (non-hydrogen) atoms. The number of hydrogen-bond donors (Lipinski definition) is 0. The van der Waals surface area contributed by atoms with Crippen LogP contribution in [0.15, 0.2) is 84.9 Å². The molecule has 292 valence electrons. The lowest BCUT2D eigenvalue weighted by molar-refractivity contribution is -0.144. The SMILES string of the molecule is CCCCC(C=CCP(c1cc(C)cc(C)c1)c1cc(C)cc(C)c1)P(c1cc(C(F)(F)F)cc(C(F)(F)F)c1)c1cc(C(F)(F)F)cc(C(F)(F)F)c1. The van der Waals surface area contributed by atoms with Crippen LogP contribution in [-0.2, 0) is 24.7 Å². The molecule has 0 aliphatic heterocycles. The molecule has 0 aliphatic carbocycles. The average molecular weight is 809 g/mol. The molecule has 4 rings (SSSR count). The predicted molar refractivity (Wildman–Crippen MR) is 194 cm³/mol. The minimum absolute atomic E-state index is 0.0684. The fourth-order valence-electron chi connectivity index (χ4n) is 6.31. The number of unbranched alkanes of at least 4 members (excludes halogenated alkanes) is 1. The van der Waals surface area contributed by atoms with Crippen molar-refractivity contribution in [1.29, 1.82) is 0 Å². The van der Waals surface area contributed by atoms with Gasteiger partial charge in [0.2, 0.25) is 0 Å². The second-order valence-electron chi connectivity index (χ2n) is 13.3. The number of benzene rings is 4. The van der Waals surface area contributed by atoms with Crippen LogP contribution in [0.3, 0.4) is 0 Å². The molecule has 4 aromatic carbocycles. The zero-order valence-electron chi connectivity index (χ0n) is 29.9. The summed E-state index contributed by atoms with van der Waals surface area (Å²) in [4.78, 5) is 0. The Morgan fingerprint density at radius 2 is 0.815 bits per heavy atom. The molecular formula is C40H38F12P2. The van der Waals surface area contributed by atoms with E-state index in [1.54, 1.807) is 19.1 Å². The summed E-state index contributed by atoms with van der Waals surface area (Å²) in [5.74, 6) is 0. The van der Waals surface area contributed by atoms with Gasteiger partial charge in [-0.05, 0) is 114 Å². The normalized spacial score (nSPS) is 13.8. The van der Waals surface area contributed by atoms with Gasteiger partial charge in [0.1, 0.15) is 0 Å². The Morgan fingerprint density at radius 1 is 0.481 bits per heavy atom. The average Bonchev–Trinajstić information content (AvgIpc) is 3.02. The van der Waals surface area contributed by atoms with Gasteiger partial charge >= 0.3 is 24.7 Å². The first kappa shape index (κ1) is 43.4. The monoisotopic (exact) mass is 808 g/mol. The molecule has 4 aromatic rings. The lowest BCUT2D eigenvalue weighted by atomic mass is 10.1. The van der Waals surface area contributed by atoms with E-state index in [1.165, 1.54) is 0 Å². The van der Waals surface area contributed by atoms with Gasteiger partial charge in [-0.3, -0.25) is 0 Å². The number of aryl methyl sites for hydroxylation is 4. The van der Waals surface area contributed by atoms with Crippen molar-refractivity contribution in [3.05, 3.63) is 129 Å². The Labute approximate surface area is 309 Å². The molecule has 14 heteroatoms. The van der Waals surface area contributed by atoms with Gasteiger partial charge in [-0.1, -0.05) is 90.6 Å². The van der Waals surface area contributed by atoms with Crippen LogP contribution in [0.25, 0.3) is 0 Å². The molecule has 0 amide bonds. The van der Waals surface area contributed by atoms with E-state index in [9.17, 15) is 52.7 Å². The third kappa shape index (κ3) is 11.3. The zero-order chi connectivity index (χ0) is 40.4. The van der Waals surface area contributed by atoms with E-state index in [2.05, 4.69) is 0 Å². The Balaban J connectivity index is 2.01. The second kappa shape index (κ2) is 16.8. The van der Waals surface area contributed by atoms with Crippen molar-refractivity contribution in [3.8, 4) is 0 Å². The van der Waals surface area contributed by atoms with Crippen molar-refractivity contribution in [2.45, 2.75) is 84.2 Å². The maximum absolute atomic E-state index is 14.1. The maximum Gasteiger partial charge on any atom is 0.416 e. The summed E-state index contributed by atoms with van der Waals surface area (Å²) < 4.78 is 169. The quantitative estimate of drug-likeness (QED) is 0.0804. The van der Waals surface area contributed by atoms with Gasteiger partial charge in [-0.25, -0.2) is 0 Å². The minimum Gasteiger partial charge on any atom is -0.166 e. The summed E-state index contributed by atoms with van der Waals surface area (Å²) in [6.07, 6.45) is -16.7. The van der Waals surface area contributed by atoms with E-state index >= 15 is 0 Å². The first-order valence-electron chi connectivity index (χ1n) is 16.9. The van der Waals surface area contributed by atoms with Crippen molar-refractivity contribution < 1.29 is 52.7 Å². The van der Waals surface area contributed by atoms with Crippen molar-refractivity contribution in [2.75, 3.05) is 6.16 Å². The molecule has 0 radical (unpaired) electrons. The molecule has 0 bridgehead atoms. The van der Waals surface area contributed by atoms with Crippen LogP contribution >= 0.6 is 15.8 Å². The lowest BCUT2D eigenvalue weighted by Gasteiger charge is -2.29. The third-order valence-electron chi connectivity index (χ3n) is 8.57. The number of hydrogen-bond acceptors (Lipinski definition) is 0. The van der Waals surface area contributed by atoms with Crippen LogP contribution in [0.2, 0.25) is 0 Å². The molecule has 1 atom stereocenters. The second-order valence-corrected chi connectivity index (χ2v) is 18.0. The Kier molecular flexibility index (Phi) is 13.5. The van der Waals surface area contributed by atoms with Crippen molar-refractivity contribution in [3.63, 3.8) is 0 Å². The number of rotatable bonds is 11. The Morgan fingerprint density at radius 3 is 1.11 bits per heavy atom. The molecule has 1 unspecified atom stereocenters. The highest BCUT2D eigenvalue weighted by atomic mass is 31.1. The van der Waals surface area contributed by atoms with E-state index in [-0.39, 0.29) is 18.6 Å². The van der Waals surface area contributed by atoms with E-state index in [1.807, 2.05) is 64.1 Å². The molecule has 0 aliphatic rings. The highest BCUT2D eigenvalue weighted by Gasteiger charge is 2.41. The maximum atomic E-state index is 14.1. The summed E-state index contributed by atoms with van der Waals surface area (Å²) in [6, 6.07) is 13.5. The van der Waals surface area contributed by atoms with Crippen LogP contribution in [0.5, 0.6) is 0 Å². The Bertz CT molecular complexity index is 1720. The molecule has 0 saturated heterocycles. The molecule has 0 N–H and O–H groups in total. The number of halogens is 12. The highest BCUT2D eigenvalue weighted by Crippen LogP contribution is 2.48. The van der Waals surface area contributed by atoms with E-state index < -0.39 is 79.1 Å². The fraction of sp³-hybridized carbons (Fsp3) is 0.350. The summed E-state index contributed by atoms with van der Waals surface area (Å²) in [5.41, 5.74) is -3.93. The summed E-state index contributed by atoms with van der Waals surface area (Å²) in [6.45, 7) is 9.50. The largest absolute Gasteiger partial charge is 0.416 e. The molecule has 0 nitrogen and oxygen atoms in total. The smallest absolute Gasteiger partial charge is 0.166 e. The van der Waals surface area contributed by atoms with Crippen LogP contribution in [0.1, 0.15) is 70.7 Å². The number of allylic oxidation sites excluding steroid dienone is 2. The van der Waals surface area contributed by atoms with Crippen LogP contribution in [0.4, 0.5) is 52.7 Å². The third-order valence-corrected chi connectivity index (χ3v) is 13.6. The predicted octanol–water partition coefficient (Wildman–Crippen LogP) is 12.7. The molecule has 0 saturated carbocycles. The van der Waals surface area contributed by atoms with Crippen LogP contribution in [-0.4, -0.2) is 11.8 Å². The van der Waals surface area contributed by atoms with E-state index in [0.717, 1.165) is 32.9 Å². The van der Waals surface area contributed by atoms with Gasteiger partial charge in [0.25, 0.3) is 0 Å². The fourth-order valence-corrected chi connectivity index (χ4v) is 11.7. The van der Waals surface area contributed by atoms with Gasteiger partial charge in [-0.15, -0.1) is 0 Å². The summed E-state index contributed by atoms with van der Waals surface area (Å²) in [5, 5.41) is 0.697. The molecule has 0 spiro atoms. The van der Waals surface area contributed by atoms with Gasteiger partial charge < -0.3 is 0 Å². The highest BCUT2D eigenvalue weighted by molar-refractivity contribution is 7.74. The summed E-state index contributed by atoms with van der Waals surface area (Å²) in [7, 11) is -3.86. The molecule has 0 heterocycles. The molecule has 0 fully saturated rings. The van der Waals surface area contributed by atoms with Gasteiger partial charge in [0.05, 0.1) is 22.3 Å². The zero-order valence-corrected chi connectivity index (χ0v) is 31.7. The summed E-state index contributed by atoms with van der Waals surface area (Å²) >= 11 is 0. The van der Waals surface area contributed by atoms with Crippen LogP contribution in [0, 0.1) is 27.7 Å². The van der Waals surface area contributed by atoms with E-state index in [4.69, 9.17) is 0 Å². The van der Waals surface area contributed by atoms with Crippen molar-refractivity contribution in [2.24, 2.45) is 0 Å². The van der Waals surface area contributed by atoms with Gasteiger partial charge in [0, 0.05) is 5.66 Å². The standard InChI is InChI=1S/C40H38F12P2/c1-6-7-9-32(10-8-11-53(33-14-24(2)12-25(3)15-33)34-16-26(4)13-27(5)17-34)54(35-20-28(37(41,42)43)18-29(21-35)38(44,45)46)36-22-30(39(47,48)49)19-31(23-36)40(50,51)52/h8,10,12-23,32H,6-7,9,11H2,1-5H3. The Hall–Kier alpha value is -3.36. The number of alkyl halides is 12. The lowest BCUT2D eigenvalue weighted by Crippen LogP contribution is -2.26. The minimum atomic E-state index is -5.30. The van der Waals surface area contributed by atoms with Crippen molar-refractivity contribution >= 4 is 37.1 Å². The van der Waals surface area contributed by atoms with Crippen LogP contribution < -0.4 is 21.2 Å². The van der Waals surface area contributed by atoms with Gasteiger partial charge in [-0.2, -0.15) is 52.7 Å². The first-order valence-corrected chi connectivity index (χ1v) is 19.8. The van der Waals surface area contributed by atoms with E-state index in [0.29, 0.717) is 43.3 Å². The van der Waals surface area contributed by atoms with Gasteiger partial charge in [0.15, 0.2) is 0 Å². The first-order chi connectivity index (χ1) is 24.9. The molecular weight excluding hydrogens is 770 g/mol. The molecule has 0 aromatic heterocycles. The van der Waals surface area contributed by atoms with Crippen molar-refractivity contribution in [1.82, 2.24) is 0 Å².